The second-order valence-corrected chi connectivity index (χ2v) is 4.80. The predicted molar refractivity (Wildman–Crippen MR) is 80.0 cm³/mol. The van der Waals surface area contributed by atoms with Crippen molar-refractivity contribution in [2.45, 2.75) is 12.3 Å². The lowest BCUT2D eigenvalue weighted by atomic mass is 9.95. The van der Waals surface area contributed by atoms with Crippen LogP contribution in [-0.4, -0.2) is 33.3 Å². The van der Waals surface area contributed by atoms with Crippen LogP contribution in [0.1, 0.15) is 17.9 Å². The predicted octanol–water partition coefficient (Wildman–Crippen LogP) is 2.35. The van der Waals surface area contributed by atoms with E-state index in [1.165, 1.54) is 14.2 Å². The van der Waals surface area contributed by atoms with Crippen molar-refractivity contribution in [3.63, 3.8) is 0 Å². The average molecular weight is 302 g/mol. The van der Waals surface area contributed by atoms with Crippen LogP contribution in [0.15, 0.2) is 53.3 Å². The van der Waals surface area contributed by atoms with Gasteiger partial charge in [-0.05, 0) is 23.6 Å². The van der Waals surface area contributed by atoms with Crippen molar-refractivity contribution in [2.75, 3.05) is 21.3 Å². The highest BCUT2D eigenvalue weighted by Gasteiger charge is 2.32. The topological polar surface area (TPSA) is 61.8 Å². The number of rotatable bonds is 4. The smallest absolute Gasteiger partial charge is 0.345 e. The molecule has 0 saturated heterocycles. The molecule has 0 heterocycles. The number of allylic oxidation sites excluding steroid dienone is 3. The van der Waals surface area contributed by atoms with Gasteiger partial charge in [-0.1, -0.05) is 30.3 Å². The molecule has 1 aliphatic carbocycles. The molecule has 22 heavy (non-hydrogen) atoms. The van der Waals surface area contributed by atoms with Gasteiger partial charge in [0.15, 0.2) is 0 Å². The van der Waals surface area contributed by atoms with Crippen molar-refractivity contribution >= 4 is 11.9 Å². The number of ether oxygens (including phenoxy) is 3. The molecule has 0 amide bonds. The van der Waals surface area contributed by atoms with Crippen LogP contribution in [0.4, 0.5) is 0 Å². The zero-order chi connectivity index (χ0) is 16.1. The summed E-state index contributed by atoms with van der Waals surface area (Å²) in [4.78, 5) is 23.8. The lowest BCUT2D eigenvalue weighted by Crippen LogP contribution is -2.17. The standard InChI is InChI=1S/C17H18O5/c1-20-14-10-12(15(16(18)21-2)17(19)22-3)9-13(14)11-7-5-4-6-8-11/h4-8,10,13H,9H2,1-3H3. The van der Waals surface area contributed by atoms with E-state index in [0.29, 0.717) is 17.8 Å². The molecule has 2 rings (SSSR count). The first-order chi connectivity index (χ1) is 10.6. The molecule has 0 spiro atoms. The maximum absolute atomic E-state index is 11.9. The number of hydrogen-bond donors (Lipinski definition) is 0. The molecule has 0 aliphatic heterocycles. The Morgan fingerprint density at radius 2 is 1.59 bits per heavy atom. The van der Waals surface area contributed by atoms with Crippen LogP contribution in [-0.2, 0) is 23.8 Å². The minimum atomic E-state index is -0.706. The number of methoxy groups -OCH3 is 3. The third-order valence-electron chi connectivity index (χ3n) is 3.62. The maximum atomic E-state index is 11.9. The van der Waals surface area contributed by atoms with Crippen molar-refractivity contribution in [1.82, 2.24) is 0 Å². The van der Waals surface area contributed by atoms with Gasteiger partial charge in [0.05, 0.1) is 21.3 Å². The Hall–Kier alpha value is -2.56. The van der Waals surface area contributed by atoms with E-state index < -0.39 is 11.9 Å². The molecule has 0 radical (unpaired) electrons. The first kappa shape index (κ1) is 15.8. The first-order valence-corrected chi connectivity index (χ1v) is 6.82. The highest BCUT2D eigenvalue weighted by Crippen LogP contribution is 2.39. The summed E-state index contributed by atoms with van der Waals surface area (Å²) in [6, 6.07) is 9.77. The quantitative estimate of drug-likeness (QED) is 0.370. The molecule has 1 aliphatic rings. The molecule has 1 aromatic rings. The molecule has 0 bridgehead atoms. The molecular formula is C17H18O5. The van der Waals surface area contributed by atoms with Crippen molar-refractivity contribution in [3.8, 4) is 0 Å². The van der Waals surface area contributed by atoms with Crippen molar-refractivity contribution in [1.29, 1.82) is 0 Å². The largest absolute Gasteiger partial charge is 0.500 e. The van der Waals surface area contributed by atoms with E-state index in [2.05, 4.69) is 9.47 Å². The Bertz CT molecular complexity index is 610. The number of carbonyl (C=O) groups is 2. The fourth-order valence-electron chi connectivity index (χ4n) is 2.54. The number of esters is 2. The van der Waals surface area contributed by atoms with Gasteiger partial charge in [-0.3, -0.25) is 0 Å². The lowest BCUT2D eigenvalue weighted by Gasteiger charge is -2.14. The second kappa shape index (κ2) is 6.93. The second-order valence-electron chi connectivity index (χ2n) is 4.80. The van der Waals surface area contributed by atoms with E-state index in [0.717, 1.165) is 5.56 Å². The molecule has 1 atom stereocenters. The van der Waals surface area contributed by atoms with E-state index in [4.69, 9.17) is 4.74 Å². The van der Waals surface area contributed by atoms with Gasteiger partial charge in [0, 0.05) is 5.92 Å². The number of carbonyl (C=O) groups excluding carboxylic acids is 2. The van der Waals surface area contributed by atoms with E-state index in [1.54, 1.807) is 13.2 Å². The zero-order valence-corrected chi connectivity index (χ0v) is 12.8. The van der Waals surface area contributed by atoms with Gasteiger partial charge in [-0.15, -0.1) is 0 Å². The molecule has 1 aromatic carbocycles. The summed E-state index contributed by atoms with van der Waals surface area (Å²) < 4.78 is 14.8. The molecular weight excluding hydrogens is 284 g/mol. The molecule has 5 nitrogen and oxygen atoms in total. The number of hydrogen-bond acceptors (Lipinski definition) is 5. The van der Waals surface area contributed by atoms with Crippen molar-refractivity contribution in [3.05, 3.63) is 58.9 Å². The Balaban J connectivity index is 2.45. The molecule has 0 N–H and O–H groups in total. The third kappa shape index (κ3) is 3.03. The van der Waals surface area contributed by atoms with Crippen molar-refractivity contribution in [2.24, 2.45) is 0 Å². The van der Waals surface area contributed by atoms with Crippen LogP contribution in [0.25, 0.3) is 0 Å². The summed E-state index contributed by atoms with van der Waals surface area (Å²) in [7, 11) is 4.04. The van der Waals surface area contributed by atoms with Crippen LogP contribution in [0.2, 0.25) is 0 Å². The van der Waals surface area contributed by atoms with Gasteiger partial charge in [0.25, 0.3) is 0 Å². The Kier molecular flexibility index (Phi) is 4.99. The molecule has 0 fully saturated rings. The first-order valence-electron chi connectivity index (χ1n) is 6.82. The fraction of sp³-hybridized carbons (Fsp3) is 0.294. The van der Waals surface area contributed by atoms with E-state index >= 15 is 0 Å². The van der Waals surface area contributed by atoms with Gasteiger partial charge in [-0.25, -0.2) is 9.59 Å². The summed E-state index contributed by atoms with van der Waals surface area (Å²) in [5, 5.41) is 0. The molecule has 0 aromatic heterocycles. The van der Waals surface area contributed by atoms with Crippen molar-refractivity contribution < 1.29 is 23.8 Å². The summed E-state index contributed by atoms with van der Waals surface area (Å²) in [5.41, 5.74) is 1.53. The van der Waals surface area contributed by atoms with Crippen LogP contribution in [0, 0.1) is 0 Å². The van der Waals surface area contributed by atoms with Gasteiger partial charge < -0.3 is 14.2 Å². The van der Waals surface area contributed by atoms with Crippen LogP contribution in [0.5, 0.6) is 0 Å². The SMILES string of the molecule is COC(=O)C(C(=O)OC)=C1C=C(OC)C(c2ccccc2)C1. The Labute approximate surface area is 129 Å². The maximum Gasteiger partial charge on any atom is 0.345 e. The van der Waals surface area contributed by atoms with E-state index in [1.807, 2.05) is 30.3 Å². The van der Waals surface area contributed by atoms with Crippen LogP contribution < -0.4 is 0 Å². The minimum absolute atomic E-state index is 0.0366. The zero-order valence-electron chi connectivity index (χ0n) is 12.8. The minimum Gasteiger partial charge on any atom is -0.500 e. The molecule has 5 heteroatoms. The molecule has 0 saturated carbocycles. The third-order valence-corrected chi connectivity index (χ3v) is 3.62. The van der Waals surface area contributed by atoms with Gasteiger partial charge >= 0.3 is 11.9 Å². The fourth-order valence-corrected chi connectivity index (χ4v) is 2.54. The summed E-state index contributed by atoms with van der Waals surface area (Å²) in [5.74, 6) is -0.749. The summed E-state index contributed by atoms with van der Waals surface area (Å²) in [6.45, 7) is 0. The normalized spacial score (nSPS) is 16.8. The monoisotopic (exact) mass is 302 g/mol. The summed E-state index contributed by atoms with van der Waals surface area (Å²) >= 11 is 0. The van der Waals surface area contributed by atoms with Gasteiger partial charge in [0.2, 0.25) is 0 Å². The lowest BCUT2D eigenvalue weighted by molar-refractivity contribution is -0.144. The van der Waals surface area contributed by atoms with Gasteiger partial charge in [0.1, 0.15) is 11.3 Å². The Morgan fingerprint density at radius 1 is 1.00 bits per heavy atom. The van der Waals surface area contributed by atoms with Crippen LogP contribution >= 0.6 is 0 Å². The highest BCUT2D eigenvalue weighted by atomic mass is 16.5. The van der Waals surface area contributed by atoms with Crippen LogP contribution in [0.3, 0.4) is 0 Å². The molecule has 116 valence electrons. The van der Waals surface area contributed by atoms with Gasteiger partial charge in [-0.2, -0.15) is 0 Å². The number of benzene rings is 1. The summed E-state index contributed by atoms with van der Waals surface area (Å²) in [6.07, 6.45) is 2.19. The van der Waals surface area contributed by atoms with E-state index in [9.17, 15) is 9.59 Å². The Morgan fingerprint density at radius 3 is 2.09 bits per heavy atom. The highest BCUT2D eigenvalue weighted by molar-refractivity contribution is 6.15. The average Bonchev–Trinajstić information content (AvgIpc) is 2.99. The van der Waals surface area contributed by atoms with E-state index in [-0.39, 0.29) is 11.5 Å². The molecule has 1 unspecified atom stereocenters.